The number of benzene rings is 1. The van der Waals surface area contributed by atoms with Crippen LogP contribution in [0.25, 0.3) is 0 Å². The average Bonchev–Trinajstić information content (AvgIpc) is 2.64. The SMILES string of the molecule is O=C1CC(c2cccc(Cl)c2)NC(=O)N1CCSC(=S)N1CCOCC1. The zero-order valence-electron chi connectivity index (χ0n) is 14.2. The maximum Gasteiger partial charge on any atom is 0.324 e. The van der Waals surface area contributed by atoms with Crippen LogP contribution in [0, 0.1) is 0 Å². The molecule has 2 aliphatic heterocycles. The Morgan fingerprint density at radius 3 is 2.81 bits per heavy atom. The van der Waals surface area contributed by atoms with Gasteiger partial charge in [0.2, 0.25) is 5.91 Å². The first-order valence-corrected chi connectivity index (χ1v) is 10.2. The normalized spacial score (nSPS) is 20.9. The van der Waals surface area contributed by atoms with Gasteiger partial charge in [-0.15, -0.1) is 0 Å². The number of halogens is 1. The van der Waals surface area contributed by atoms with E-state index >= 15 is 0 Å². The van der Waals surface area contributed by atoms with Crippen molar-refractivity contribution in [2.75, 3.05) is 38.6 Å². The van der Waals surface area contributed by atoms with Crippen LogP contribution in [-0.2, 0) is 9.53 Å². The van der Waals surface area contributed by atoms with E-state index in [9.17, 15) is 9.59 Å². The van der Waals surface area contributed by atoms with E-state index in [2.05, 4.69) is 10.2 Å². The van der Waals surface area contributed by atoms with Gasteiger partial charge in [-0.3, -0.25) is 9.69 Å². The predicted molar refractivity (Wildman–Crippen MR) is 107 cm³/mol. The second-order valence-corrected chi connectivity index (χ2v) is 8.19. The lowest BCUT2D eigenvalue weighted by molar-refractivity contribution is -0.130. The number of imide groups is 1. The van der Waals surface area contributed by atoms with Crippen molar-refractivity contribution < 1.29 is 14.3 Å². The summed E-state index contributed by atoms with van der Waals surface area (Å²) >= 11 is 12.9. The maximum absolute atomic E-state index is 12.4. The molecular weight excluding hydrogens is 394 g/mol. The maximum atomic E-state index is 12.4. The molecule has 0 aliphatic carbocycles. The fraction of sp³-hybridized carbons (Fsp3) is 0.471. The van der Waals surface area contributed by atoms with Gasteiger partial charge in [-0.2, -0.15) is 0 Å². The molecule has 26 heavy (non-hydrogen) atoms. The van der Waals surface area contributed by atoms with Gasteiger partial charge in [-0.1, -0.05) is 47.7 Å². The lowest BCUT2D eigenvalue weighted by Gasteiger charge is -2.32. The van der Waals surface area contributed by atoms with Gasteiger partial charge in [0.15, 0.2) is 0 Å². The van der Waals surface area contributed by atoms with E-state index in [0.717, 1.165) is 23.0 Å². The van der Waals surface area contributed by atoms with Crippen LogP contribution in [0.3, 0.4) is 0 Å². The number of morpholine rings is 1. The number of rotatable bonds is 4. The van der Waals surface area contributed by atoms with Crippen LogP contribution >= 0.6 is 35.6 Å². The van der Waals surface area contributed by atoms with Crippen LogP contribution in [0.4, 0.5) is 4.79 Å². The highest BCUT2D eigenvalue weighted by Crippen LogP contribution is 2.25. The molecule has 0 aromatic heterocycles. The molecule has 1 N–H and O–H groups in total. The van der Waals surface area contributed by atoms with Crippen molar-refractivity contribution in [1.82, 2.24) is 15.1 Å². The zero-order valence-corrected chi connectivity index (χ0v) is 16.5. The third-order valence-electron chi connectivity index (χ3n) is 4.28. The first-order chi connectivity index (χ1) is 12.5. The van der Waals surface area contributed by atoms with Crippen molar-refractivity contribution >= 4 is 51.8 Å². The van der Waals surface area contributed by atoms with Gasteiger partial charge in [0.1, 0.15) is 4.32 Å². The summed E-state index contributed by atoms with van der Waals surface area (Å²) in [6.45, 7) is 3.27. The van der Waals surface area contributed by atoms with E-state index < -0.39 is 0 Å². The fourth-order valence-electron chi connectivity index (χ4n) is 2.89. The average molecular weight is 414 g/mol. The summed E-state index contributed by atoms with van der Waals surface area (Å²) in [6.07, 6.45) is 0.227. The quantitative estimate of drug-likeness (QED) is 0.766. The topological polar surface area (TPSA) is 61.9 Å². The minimum Gasteiger partial charge on any atom is -0.378 e. The van der Waals surface area contributed by atoms with Gasteiger partial charge >= 0.3 is 6.03 Å². The predicted octanol–water partition coefficient (Wildman–Crippen LogP) is 2.67. The van der Waals surface area contributed by atoms with Crippen LogP contribution < -0.4 is 5.32 Å². The minimum atomic E-state index is -0.371. The molecule has 0 bridgehead atoms. The Balaban J connectivity index is 1.50. The number of thiocarbonyl (C=S) groups is 1. The van der Waals surface area contributed by atoms with Crippen LogP contribution in [0.15, 0.2) is 24.3 Å². The van der Waals surface area contributed by atoms with E-state index in [1.54, 1.807) is 12.1 Å². The fourth-order valence-corrected chi connectivity index (χ4v) is 4.33. The highest BCUT2D eigenvalue weighted by atomic mass is 35.5. The van der Waals surface area contributed by atoms with Crippen LogP contribution in [0.5, 0.6) is 0 Å². The summed E-state index contributed by atoms with van der Waals surface area (Å²) in [6, 6.07) is 6.49. The third-order valence-corrected chi connectivity index (χ3v) is 6.02. The number of urea groups is 1. The Bertz CT molecular complexity index is 680. The first kappa shape index (κ1) is 19.4. The van der Waals surface area contributed by atoms with E-state index in [1.807, 2.05) is 12.1 Å². The Morgan fingerprint density at radius 2 is 2.12 bits per heavy atom. The standard InChI is InChI=1S/C17H20ClN3O3S2/c18-13-3-1-2-12(10-13)14-11-15(22)21(16(23)19-14)6-9-26-17(25)20-4-7-24-8-5-20/h1-3,10,14H,4-9,11H2,(H,19,23). The Morgan fingerprint density at radius 1 is 1.35 bits per heavy atom. The number of nitrogens with one attached hydrogen (secondary N) is 1. The minimum absolute atomic E-state index is 0.184. The summed E-state index contributed by atoms with van der Waals surface area (Å²) in [5.41, 5.74) is 0.835. The summed E-state index contributed by atoms with van der Waals surface area (Å²) in [5, 5.41) is 3.46. The number of thioether (sulfide) groups is 1. The second-order valence-electron chi connectivity index (χ2n) is 6.02. The molecule has 3 rings (SSSR count). The van der Waals surface area contributed by atoms with Gasteiger partial charge in [-0.25, -0.2) is 4.79 Å². The van der Waals surface area contributed by atoms with Gasteiger partial charge in [-0.05, 0) is 17.7 Å². The Kier molecular flexibility index (Phi) is 6.74. The molecule has 140 valence electrons. The molecule has 2 aliphatic rings. The molecule has 0 spiro atoms. The Hall–Kier alpha value is -1.35. The van der Waals surface area contributed by atoms with Gasteiger partial charge in [0, 0.05) is 30.4 Å². The second kappa shape index (κ2) is 9.03. The van der Waals surface area contributed by atoms with Crippen LogP contribution in [0.2, 0.25) is 5.02 Å². The summed E-state index contributed by atoms with van der Waals surface area (Å²) < 4.78 is 6.09. The first-order valence-electron chi connectivity index (χ1n) is 8.40. The number of hydrogen-bond donors (Lipinski definition) is 1. The zero-order chi connectivity index (χ0) is 18.5. The van der Waals surface area contributed by atoms with Crippen molar-refractivity contribution in [2.45, 2.75) is 12.5 Å². The van der Waals surface area contributed by atoms with Crippen molar-refractivity contribution in [3.05, 3.63) is 34.9 Å². The number of ether oxygens (including phenoxy) is 1. The number of carbonyl (C=O) groups excluding carboxylic acids is 2. The molecule has 1 aromatic rings. The van der Waals surface area contributed by atoms with Crippen LogP contribution in [0.1, 0.15) is 18.0 Å². The molecule has 0 radical (unpaired) electrons. The summed E-state index contributed by atoms with van der Waals surface area (Å²) in [4.78, 5) is 28.1. The van der Waals surface area contributed by atoms with Crippen molar-refractivity contribution in [3.8, 4) is 0 Å². The molecule has 2 heterocycles. The van der Waals surface area contributed by atoms with Gasteiger partial charge < -0.3 is 15.0 Å². The molecular formula is C17H20ClN3O3S2. The number of amides is 3. The molecule has 2 saturated heterocycles. The van der Waals surface area contributed by atoms with Crippen molar-refractivity contribution in [1.29, 1.82) is 0 Å². The molecule has 1 aromatic carbocycles. The Labute approximate surface area is 167 Å². The molecule has 6 nitrogen and oxygen atoms in total. The van der Waals surface area contributed by atoms with E-state index in [4.69, 9.17) is 28.6 Å². The molecule has 3 amide bonds. The molecule has 9 heteroatoms. The monoisotopic (exact) mass is 413 g/mol. The number of carbonyl (C=O) groups is 2. The lowest BCUT2D eigenvalue weighted by Crippen LogP contribution is -2.52. The largest absolute Gasteiger partial charge is 0.378 e. The molecule has 1 atom stereocenters. The lowest BCUT2D eigenvalue weighted by atomic mass is 10.0. The summed E-state index contributed by atoms with van der Waals surface area (Å²) in [7, 11) is 0. The highest BCUT2D eigenvalue weighted by Gasteiger charge is 2.32. The van der Waals surface area contributed by atoms with E-state index in [0.29, 0.717) is 30.5 Å². The van der Waals surface area contributed by atoms with Crippen molar-refractivity contribution in [2.24, 2.45) is 0 Å². The van der Waals surface area contributed by atoms with E-state index in [1.165, 1.54) is 16.7 Å². The molecule has 2 fully saturated rings. The number of hydrogen-bond acceptors (Lipinski definition) is 5. The van der Waals surface area contributed by atoms with Gasteiger partial charge in [0.25, 0.3) is 0 Å². The molecule has 1 unspecified atom stereocenters. The van der Waals surface area contributed by atoms with E-state index in [-0.39, 0.29) is 24.4 Å². The summed E-state index contributed by atoms with van der Waals surface area (Å²) in [5.74, 6) is 0.397. The number of nitrogens with zero attached hydrogens (tertiary/aromatic N) is 2. The van der Waals surface area contributed by atoms with Crippen LogP contribution in [-0.4, -0.2) is 64.7 Å². The highest BCUT2D eigenvalue weighted by molar-refractivity contribution is 8.22. The van der Waals surface area contributed by atoms with Crippen molar-refractivity contribution in [3.63, 3.8) is 0 Å². The van der Waals surface area contributed by atoms with Gasteiger partial charge in [0.05, 0.1) is 25.7 Å². The third kappa shape index (κ3) is 4.88. The smallest absolute Gasteiger partial charge is 0.324 e. The molecule has 0 saturated carbocycles.